The highest BCUT2D eigenvalue weighted by atomic mass is 32.1. The van der Waals surface area contributed by atoms with Gasteiger partial charge in [-0.3, -0.25) is 14.7 Å². The van der Waals surface area contributed by atoms with Gasteiger partial charge in [0.1, 0.15) is 12.4 Å². The number of benzene rings is 2. The number of primary amides is 1. The van der Waals surface area contributed by atoms with Crippen LogP contribution in [0.25, 0.3) is 21.3 Å². The van der Waals surface area contributed by atoms with Gasteiger partial charge in [0, 0.05) is 38.4 Å². The number of fused-ring (bicyclic) bond motifs is 1. The summed E-state index contributed by atoms with van der Waals surface area (Å²) in [6, 6.07) is 16.9. The second-order valence-electron chi connectivity index (χ2n) is 10.3. The van der Waals surface area contributed by atoms with Crippen LogP contribution in [-0.2, 0) is 12.0 Å². The molecule has 37 heavy (non-hydrogen) atoms. The molecule has 4 aromatic rings. The van der Waals surface area contributed by atoms with Crippen molar-refractivity contribution in [1.29, 1.82) is 0 Å². The molecule has 6 nitrogen and oxygen atoms in total. The molecule has 1 unspecified atom stereocenters. The smallest absolute Gasteiger partial charge is 0.249 e. The molecule has 7 heteroatoms. The Balaban J connectivity index is 1.48. The lowest BCUT2D eigenvalue weighted by atomic mass is 9.81. The summed E-state index contributed by atoms with van der Waals surface area (Å²) >= 11 is 1.60. The van der Waals surface area contributed by atoms with Crippen molar-refractivity contribution in [2.45, 2.75) is 44.2 Å². The fraction of sp³-hybridized carbons (Fsp3) is 0.333. The Labute approximate surface area is 220 Å². The van der Waals surface area contributed by atoms with E-state index in [1.54, 1.807) is 17.4 Å². The van der Waals surface area contributed by atoms with E-state index < -0.39 is 5.91 Å². The molecule has 190 valence electrons. The molecule has 3 N–H and O–H groups in total. The monoisotopic (exact) mass is 513 g/mol. The average molecular weight is 514 g/mol. The number of amides is 1. The predicted octanol–water partition coefficient (Wildman–Crippen LogP) is 5.03. The Kier molecular flexibility index (Phi) is 6.02. The summed E-state index contributed by atoms with van der Waals surface area (Å²) in [7, 11) is 2.11. The molecule has 1 amide bonds. The van der Waals surface area contributed by atoms with Gasteiger partial charge in [-0.05, 0) is 104 Å². The molecular weight excluding hydrogens is 482 g/mol. The van der Waals surface area contributed by atoms with Crippen LogP contribution in [0, 0.1) is 6.92 Å². The highest BCUT2D eigenvalue weighted by Gasteiger charge is 2.48. The number of hydrogen-bond acceptors (Lipinski definition) is 6. The number of rotatable bonds is 8. The first-order valence-corrected chi connectivity index (χ1v) is 13.6. The van der Waals surface area contributed by atoms with Crippen molar-refractivity contribution in [3.63, 3.8) is 0 Å². The molecule has 1 aliphatic carbocycles. The molecule has 2 fully saturated rings. The molecule has 2 aromatic carbocycles. The van der Waals surface area contributed by atoms with Gasteiger partial charge < -0.3 is 15.6 Å². The number of aliphatic hydroxyl groups excluding tert-OH is 1. The summed E-state index contributed by atoms with van der Waals surface area (Å²) in [5.74, 6) is 0.265. The normalized spacial score (nSPS) is 18.5. The molecule has 2 aliphatic rings. The Hall–Kier alpha value is -3.26. The van der Waals surface area contributed by atoms with E-state index in [0.717, 1.165) is 63.2 Å². The first-order chi connectivity index (χ1) is 17.9. The molecule has 1 aliphatic heterocycles. The Morgan fingerprint density at radius 1 is 1.22 bits per heavy atom. The molecular formula is C30H31N3O3S. The van der Waals surface area contributed by atoms with Crippen molar-refractivity contribution in [1.82, 2.24) is 9.88 Å². The molecule has 3 heterocycles. The number of thiophene rings is 1. The van der Waals surface area contributed by atoms with Crippen LogP contribution in [-0.4, -0.2) is 47.1 Å². The van der Waals surface area contributed by atoms with E-state index in [4.69, 9.17) is 15.5 Å². The SMILES string of the molecule is Cc1c(C(N)=O)cc(OCC2CCN2C)cc1C1(c2cc(-c3ccc(CO)s3)cc3ncccc23)CC1. The maximum absolute atomic E-state index is 12.5. The van der Waals surface area contributed by atoms with Crippen molar-refractivity contribution >= 4 is 28.1 Å². The fourth-order valence-electron chi connectivity index (χ4n) is 5.64. The Morgan fingerprint density at radius 2 is 2.05 bits per heavy atom. The van der Waals surface area contributed by atoms with E-state index >= 15 is 0 Å². The van der Waals surface area contributed by atoms with Crippen LogP contribution in [0.5, 0.6) is 5.75 Å². The highest BCUT2D eigenvalue weighted by molar-refractivity contribution is 7.15. The van der Waals surface area contributed by atoms with Crippen molar-refractivity contribution < 1.29 is 14.6 Å². The third-order valence-corrected chi connectivity index (χ3v) is 9.25. The molecule has 1 atom stereocenters. The number of likely N-dealkylation sites (N-methyl/N-ethyl adjacent to an activating group) is 1. The van der Waals surface area contributed by atoms with Gasteiger partial charge in [-0.15, -0.1) is 11.3 Å². The van der Waals surface area contributed by atoms with Gasteiger partial charge >= 0.3 is 0 Å². The lowest BCUT2D eigenvalue weighted by Crippen LogP contribution is -2.48. The first kappa shape index (κ1) is 24.1. The maximum atomic E-state index is 12.5. The molecule has 0 spiro atoms. The lowest BCUT2D eigenvalue weighted by Gasteiger charge is -2.37. The van der Waals surface area contributed by atoms with E-state index in [1.807, 2.05) is 25.3 Å². The Morgan fingerprint density at radius 3 is 2.70 bits per heavy atom. The first-order valence-electron chi connectivity index (χ1n) is 12.8. The van der Waals surface area contributed by atoms with Gasteiger partial charge in [0.25, 0.3) is 0 Å². The lowest BCUT2D eigenvalue weighted by molar-refractivity contribution is 0.0767. The number of aliphatic hydroxyl groups is 1. The van der Waals surface area contributed by atoms with Gasteiger partial charge in [0.05, 0.1) is 12.1 Å². The van der Waals surface area contributed by atoms with Crippen LogP contribution < -0.4 is 10.5 Å². The predicted molar refractivity (Wildman–Crippen MR) is 147 cm³/mol. The van der Waals surface area contributed by atoms with E-state index in [0.29, 0.717) is 24.0 Å². The number of pyridine rings is 1. The molecule has 2 aromatic heterocycles. The summed E-state index contributed by atoms with van der Waals surface area (Å²) in [5.41, 5.74) is 11.4. The molecule has 1 saturated carbocycles. The number of carbonyl (C=O) groups excluding carboxylic acids is 1. The van der Waals surface area contributed by atoms with Crippen LogP contribution in [0.1, 0.15) is 51.2 Å². The van der Waals surface area contributed by atoms with Crippen LogP contribution in [0.3, 0.4) is 0 Å². The summed E-state index contributed by atoms with van der Waals surface area (Å²) < 4.78 is 6.24. The number of aromatic nitrogens is 1. The summed E-state index contributed by atoms with van der Waals surface area (Å²) in [4.78, 5) is 21.5. The van der Waals surface area contributed by atoms with Gasteiger partial charge in [0.2, 0.25) is 5.91 Å². The largest absolute Gasteiger partial charge is 0.492 e. The molecule has 0 radical (unpaired) electrons. The van der Waals surface area contributed by atoms with Crippen molar-refractivity contribution in [2.75, 3.05) is 20.2 Å². The quantitative estimate of drug-likeness (QED) is 0.345. The number of ether oxygens (including phenoxy) is 1. The minimum atomic E-state index is -0.434. The van der Waals surface area contributed by atoms with Gasteiger partial charge in [-0.25, -0.2) is 0 Å². The number of likely N-dealkylation sites (tertiary alicyclic amines) is 1. The number of hydrogen-bond donors (Lipinski definition) is 2. The standard InChI is InChI=1S/C30H31N3O3S/c1-18-24(29(31)35)14-21(36-17-20-7-11-33(20)2)15-25(18)30(8-9-30)26-12-19(28-6-5-22(16-34)37-28)13-27-23(26)4-3-10-32-27/h3-6,10,12-15,20,34H,7-9,11,16-17H2,1-2H3,(H2,31,35). The fourth-order valence-corrected chi connectivity index (χ4v) is 6.50. The van der Waals surface area contributed by atoms with Gasteiger partial charge in [0.15, 0.2) is 0 Å². The zero-order valence-electron chi connectivity index (χ0n) is 21.2. The second-order valence-corrected chi connectivity index (χ2v) is 11.5. The maximum Gasteiger partial charge on any atom is 0.249 e. The van der Waals surface area contributed by atoms with Crippen LogP contribution in [0.15, 0.2) is 54.7 Å². The van der Waals surface area contributed by atoms with Crippen molar-refractivity contribution in [3.05, 3.63) is 81.9 Å². The second kappa shape index (κ2) is 9.24. The average Bonchev–Trinajstić information content (AvgIpc) is 3.56. The van der Waals surface area contributed by atoms with Crippen LogP contribution in [0.4, 0.5) is 0 Å². The third kappa shape index (κ3) is 4.21. The van der Waals surface area contributed by atoms with E-state index in [2.05, 4.69) is 42.3 Å². The summed E-state index contributed by atoms with van der Waals surface area (Å²) in [5, 5.41) is 10.7. The van der Waals surface area contributed by atoms with Crippen LogP contribution in [0.2, 0.25) is 0 Å². The van der Waals surface area contributed by atoms with Gasteiger partial charge in [-0.1, -0.05) is 6.07 Å². The van der Waals surface area contributed by atoms with Crippen molar-refractivity contribution in [3.8, 4) is 16.2 Å². The third-order valence-electron chi connectivity index (χ3n) is 8.13. The van der Waals surface area contributed by atoms with E-state index in [-0.39, 0.29) is 12.0 Å². The molecule has 0 bridgehead atoms. The van der Waals surface area contributed by atoms with E-state index in [1.165, 1.54) is 5.56 Å². The topological polar surface area (TPSA) is 88.7 Å². The Bertz CT molecular complexity index is 1510. The molecule has 1 saturated heterocycles. The number of carbonyl (C=O) groups is 1. The van der Waals surface area contributed by atoms with Crippen molar-refractivity contribution in [2.24, 2.45) is 5.73 Å². The zero-order valence-corrected chi connectivity index (χ0v) is 22.0. The molecule has 6 rings (SSSR count). The van der Waals surface area contributed by atoms with Gasteiger partial charge in [-0.2, -0.15) is 0 Å². The minimum absolute atomic E-state index is 0.0336. The highest BCUT2D eigenvalue weighted by Crippen LogP contribution is 2.57. The van der Waals surface area contributed by atoms with E-state index in [9.17, 15) is 9.90 Å². The summed E-state index contributed by atoms with van der Waals surface area (Å²) in [6.45, 7) is 3.71. The minimum Gasteiger partial charge on any atom is -0.492 e. The summed E-state index contributed by atoms with van der Waals surface area (Å²) in [6.07, 6.45) is 4.89. The zero-order chi connectivity index (χ0) is 25.7. The number of nitrogens with zero attached hydrogens (tertiary/aromatic N) is 2. The number of nitrogens with two attached hydrogens (primary N) is 1. The van der Waals surface area contributed by atoms with Crippen LogP contribution >= 0.6 is 11.3 Å².